The third-order valence-electron chi connectivity index (χ3n) is 2.62. The smallest absolute Gasteiger partial charge is 0.302 e. The van der Waals surface area contributed by atoms with Gasteiger partial charge in [0, 0.05) is 32.0 Å². The van der Waals surface area contributed by atoms with Gasteiger partial charge in [-0.1, -0.05) is 0 Å². The Morgan fingerprint density at radius 2 is 2.00 bits per heavy atom. The third kappa shape index (κ3) is 5.76. The van der Waals surface area contributed by atoms with Gasteiger partial charge in [0.15, 0.2) is 0 Å². The van der Waals surface area contributed by atoms with E-state index in [0.717, 1.165) is 24.3 Å². The molecule has 1 aromatic rings. The molecule has 0 bridgehead atoms. The lowest BCUT2D eigenvalue weighted by Gasteiger charge is -2.12. The molecule has 2 N–H and O–H groups in total. The Morgan fingerprint density at radius 3 is 2.50 bits per heavy atom. The number of carbonyl (C=O) groups excluding carboxylic acids is 1. The molecule has 1 atom stereocenters. The predicted octanol–water partition coefficient (Wildman–Crippen LogP) is 0.187. The van der Waals surface area contributed by atoms with Crippen molar-refractivity contribution in [2.75, 3.05) is 13.2 Å². The van der Waals surface area contributed by atoms with Crippen molar-refractivity contribution >= 4 is 21.7 Å². The summed E-state index contributed by atoms with van der Waals surface area (Å²) in [5, 5.41) is 20.1. The van der Waals surface area contributed by atoms with E-state index in [9.17, 15) is 28.4 Å². The quantitative estimate of drug-likeness (QED) is 0.394. The van der Waals surface area contributed by atoms with E-state index >= 15 is 0 Å². The fourth-order valence-corrected chi connectivity index (χ4v) is 2.55. The van der Waals surface area contributed by atoms with Crippen LogP contribution < -0.4 is 4.72 Å². The van der Waals surface area contributed by atoms with Crippen molar-refractivity contribution in [1.82, 2.24) is 4.72 Å². The van der Waals surface area contributed by atoms with E-state index in [2.05, 4.69) is 9.46 Å². The van der Waals surface area contributed by atoms with Crippen molar-refractivity contribution in [1.29, 1.82) is 0 Å². The number of esters is 1. The van der Waals surface area contributed by atoms with Crippen molar-refractivity contribution in [3.8, 4) is 0 Å². The Labute approximate surface area is 127 Å². The van der Waals surface area contributed by atoms with Crippen LogP contribution in [0.4, 0.5) is 5.69 Å². The van der Waals surface area contributed by atoms with Crippen LogP contribution in [0.2, 0.25) is 0 Å². The molecule has 0 fully saturated rings. The van der Waals surface area contributed by atoms with Crippen LogP contribution in [0.3, 0.4) is 0 Å². The van der Waals surface area contributed by atoms with Crippen LogP contribution in [0.5, 0.6) is 0 Å². The van der Waals surface area contributed by atoms with Gasteiger partial charge < -0.3 is 9.84 Å². The van der Waals surface area contributed by atoms with Gasteiger partial charge in [-0.3, -0.25) is 14.9 Å². The number of nitro groups is 1. The zero-order valence-corrected chi connectivity index (χ0v) is 12.6. The van der Waals surface area contributed by atoms with E-state index in [1.807, 2.05) is 0 Å². The first-order valence-corrected chi connectivity index (χ1v) is 7.76. The first-order chi connectivity index (χ1) is 10.2. The number of rotatable bonds is 8. The van der Waals surface area contributed by atoms with Gasteiger partial charge in [0.2, 0.25) is 10.0 Å². The summed E-state index contributed by atoms with van der Waals surface area (Å²) in [7, 11) is -3.88. The highest BCUT2D eigenvalue weighted by Crippen LogP contribution is 2.15. The van der Waals surface area contributed by atoms with E-state index in [-0.39, 0.29) is 30.2 Å². The average Bonchev–Trinajstić information content (AvgIpc) is 2.45. The van der Waals surface area contributed by atoms with E-state index in [0.29, 0.717) is 0 Å². The molecular formula is C12H16N2O7S. The topological polar surface area (TPSA) is 136 Å². The molecule has 0 radical (unpaired) electrons. The molecule has 0 aliphatic carbocycles. The molecule has 0 aliphatic heterocycles. The normalized spacial score (nSPS) is 12.6. The molecule has 1 rings (SSSR count). The molecule has 122 valence electrons. The number of nitrogens with zero attached hydrogens (tertiary/aromatic N) is 1. The first-order valence-electron chi connectivity index (χ1n) is 6.28. The minimum atomic E-state index is -3.88. The Kier molecular flexibility index (Phi) is 6.40. The number of hydrogen-bond acceptors (Lipinski definition) is 7. The Balaban J connectivity index is 2.56. The number of carbonyl (C=O) groups is 1. The lowest BCUT2D eigenvalue weighted by molar-refractivity contribution is -0.384. The van der Waals surface area contributed by atoms with E-state index < -0.39 is 27.0 Å². The van der Waals surface area contributed by atoms with Gasteiger partial charge in [-0.15, -0.1) is 0 Å². The molecule has 0 aliphatic rings. The number of non-ortho nitro benzene ring substituents is 1. The van der Waals surface area contributed by atoms with Crippen LogP contribution in [-0.4, -0.2) is 43.7 Å². The summed E-state index contributed by atoms with van der Waals surface area (Å²) in [5.74, 6) is -0.487. The van der Waals surface area contributed by atoms with Crippen LogP contribution in [0, 0.1) is 10.1 Å². The maximum atomic E-state index is 11.9. The summed E-state index contributed by atoms with van der Waals surface area (Å²) in [6.45, 7) is 0.944. The van der Waals surface area contributed by atoms with Crippen LogP contribution in [-0.2, 0) is 19.6 Å². The summed E-state index contributed by atoms with van der Waals surface area (Å²) in [5.41, 5.74) is -0.222. The van der Waals surface area contributed by atoms with Crippen LogP contribution in [0.15, 0.2) is 29.2 Å². The molecule has 0 spiro atoms. The minimum absolute atomic E-state index is 0.0181. The molecule has 0 saturated carbocycles. The number of hydrogen-bond donors (Lipinski definition) is 2. The molecule has 0 aromatic heterocycles. The molecular weight excluding hydrogens is 316 g/mol. The Morgan fingerprint density at radius 1 is 1.41 bits per heavy atom. The molecule has 0 amide bonds. The molecule has 0 unspecified atom stereocenters. The Bertz CT molecular complexity index is 627. The molecule has 10 heteroatoms. The number of ether oxygens (including phenoxy) is 1. The SMILES string of the molecule is CC(=O)OCC[C@H](O)CNS(=O)(=O)c1ccc([N+](=O)[O-])cc1. The minimum Gasteiger partial charge on any atom is -0.466 e. The number of aliphatic hydroxyl groups is 1. The fraction of sp³-hybridized carbons (Fsp3) is 0.417. The summed E-state index contributed by atoms with van der Waals surface area (Å²) >= 11 is 0. The molecule has 9 nitrogen and oxygen atoms in total. The van der Waals surface area contributed by atoms with E-state index in [1.54, 1.807) is 0 Å². The lowest BCUT2D eigenvalue weighted by Crippen LogP contribution is -2.32. The van der Waals surface area contributed by atoms with Gasteiger partial charge in [0.1, 0.15) is 0 Å². The van der Waals surface area contributed by atoms with Crippen LogP contribution in [0.25, 0.3) is 0 Å². The Hall–Kier alpha value is -2.04. The first kappa shape index (κ1) is 18.0. The second-order valence-corrected chi connectivity index (χ2v) is 6.15. The summed E-state index contributed by atoms with van der Waals surface area (Å²) in [4.78, 5) is 20.3. The number of nitrogens with one attached hydrogen (secondary N) is 1. The highest BCUT2D eigenvalue weighted by molar-refractivity contribution is 7.89. The number of sulfonamides is 1. The van der Waals surface area contributed by atoms with Gasteiger partial charge in [-0.25, -0.2) is 13.1 Å². The standard InChI is InChI=1S/C12H16N2O7S/c1-9(15)21-7-6-11(16)8-13-22(19,20)12-4-2-10(3-5-12)14(17)18/h2-5,11,13,16H,6-8H2,1H3/t11-/m0/s1. The van der Waals surface area contributed by atoms with Gasteiger partial charge in [-0.2, -0.15) is 0 Å². The maximum Gasteiger partial charge on any atom is 0.302 e. The number of aliphatic hydroxyl groups excluding tert-OH is 1. The monoisotopic (exact) mass is 332 g/mol. The predicted molar refractivity (Wildman–Crippen MR) is 75.5 cm³/mol. The highest BCUT2D eigenvalue weighted by atomic mass is 32.2. The summed E-state index contributed by atoms with van der Waals surface area (Å²) in [6, 6.07) is 4.36. The third-order valence-corrected chi connectivity index (χ3v) is 4.06. The summed E-state index contributed by atoms with van der Waals surface area (Å²) < 4.78 is 30.6. The van der Waals surface area contributed by atoms with E-state index in [1.165, 1.54) is 6.92 Å². The van der Waals surface area contributed by atoms with Crippen molar-refractivity contribution in [2.24, 2.45) is 0 Å². The maximum absolute atomic E-state index is 11.9. The second kappa shape index (κ2) is 7.82. The van der Waals surface area contributed by atoms with Gasteiger partial charge in [-0.05, 0) is 12.1 Å². The van der Waals surface area contributed by atoms with Gasteiger partial charge in [0.25, 0.3) is 5.69 Å². The lowest BCUT2D eigenvalue weighted by atomic mass is 10.3. The van der Waals surface area contributed by atoms with Gasteiger partial charge in [0.05, 0.1) is 22.5 Å². The zero-order valence-electron chi connectivity index (χ0n) is 11.8. The van der Waals surface area contributed by atoms with Gasteiger partial charge >= 0.3 is 5.97 Å². The van der Waals surface area contributed by atoms with Crippen molar-refractivity contribution in [2.45, 2.75) is 24.3 Å². The molecule has 1 aromatic carbocycles. The molecule has 0 heterocycles. The van der Waals surface area contributed by atoms with Crippen LogP contribution >= 0.6 is 0 Å². The fourth-order valence-electron chi connectivity index (χ4n) is 1.48. The average molecular weight is 332 g/mol. The highest BCUT2D eigenvalue weighted by Gasteiger charge is 2.17. The van der Waals surface area contributed by atoms with Crippen molar-refractivity contribution in [3.63, 3.8) is 0 Å². The number of nitro benzene ring substituents is 1. The van der Waals surface area contributed by atoms with Crippen LogP contribution in [0.1, 0.15) is 13.3 Å². The molecule has 22 heavy (non-hydrogen) atoms. The number of benzene rings is 1. The largest absolute Gasteiger partial charge is 0.466 e. The van der Waals surface area contributed by atoms with E-state index in [4.69, 9.17) is 0 Å². The summed E-state index contributed by atoms with van der Waals surface area (Å²) in [6.07, 6.45) is -0.935. The van der Waals surface area contributed by atoms with Crippen molar-refractivity contribution < 1.29 is 28.0 Å². The zero-order chi connectivity index (χ0) is 16.8. The van der Waals surface area contributed by atoms with Crippen molar-refractivity contribution in [3.05, 3.63) is 34.4 Å². The molecule has 0 saturated heterocycles. The second-order valence-electron chi connectivity index (χ2n) is 4.39.